The summed E-state index contributed by atoms with van der Waals surface area (Å²) in [6.07, 6.45) is 1.19. The van der Waals surface area contributed by atoms with Crippen molar-refractivity contribution in [3.8, 4) is 16.9 Å². The molecule has 4 rings (SSSR count). The van der Waals surface area contributed by atoms with Crippen molar-refractivity contribution in [3.63, 3.8) is 0 Å². The largest absolute Gasteiger partial charge is 0.508 e. The number of carbonyl (C=O) groups excluding carboxylic acids is 1. The molecule has 3 aromatic rings. The first-order valence-electron chi connectivity index (χ1n) is 10.9. The first-order valence-corrected chi connectivity index (χ1v) is 10.9. The van der Waals surface area contributed by atoms with Crippen LogP contribution in [0, 0.1) is 0 Å². The zero-order valence-electron chi connectivity index (χ0n) is 18.6. The van der Waals surface area contributed by atoms with Gasteiger partial charge in [-0.05, 0) is 73.6 Å². The Morgan fingerprint density at radius 3 is 2.41 bits per heavy atom. The Kier molecular flexibility index (Phi) is 6.44. The Balaban J connectivity index is 1.42. The third-order valence-electron chi connectivity index (χ3n) is 6.10. The van der Waals surface area contributed by atoms with Gasteiger partial charge in [-0.15, -0.1) is 0 Å². The number of anilines is 2. The number of hydrogen-bond acceptors (Lipinski definition) is 5. The topological polar surface area (TPSA) is 81.8 Å². The maximum atomic E-state index is 12.8. The van der Waals surface area contributed by atoms with Crippen LogP contribution in [0.3, 0.4) is 0 Å². The summed E-state index contributed by atoms with van der Waals surface area (Å²) < 4.78 is 0. The molecule has 6 nitrogen and oxygen atoms in total. The molecule has 1 unspecified atom stereocenters. The molecule has 0 aromatic heterocycles. The molecule has 0 bridgehead atoms. The van der Waals surface area contributed by atoms with Gasteiger partial charge < -0.3 is 21.1 Å². The fourth-order valence-corrected chi connectivity index (χ4v) is 4.09. The monoisotopic (exact) mass is 430 g/mol. The molecule has 1 aliphatic heterocycles. The molecule has 3 aromatic carbocycles. The molecule has 166 valence electrons. The van der Waals surface area contributed by atoms with Crippen LogP contribution in [0.5, 0.6) is 5.75 Å². The molecule has 1 saturated heterocycles. The maximum Gasteiger partial charge on any atom is 0.255 e. The van der Waals surface area contributed by atoms with E-state index in [1.54, 1.807) is 18.2 Å². The number of phenolic OH excluding ortho intramolecular Hbond substituents is 1. The molecule has 0 saturated carbocycles. The number of phenols is 1. The van der Waals surface area contributed by atoms with Crippen molar-refractivity contribution in [2.75, 3.05) is 38.2 Å². The number of carbonyl (C=O) groups is 1. The molecule has 0 spiro atoms. The Labute approximate surface area is 189 Å². The highest BCUT2D eigenvalue weighted by Gasteiger charge is 2.23. The van der Waals surface area contributed by atoms with Crippen LogP contribution in [-0.2, 0) is 6.54 Å². The predicted octanol–water partition coefficient (Wildman–Crippen LogP) is 4.03. The molecule has 1 aliphatic rings. The van der Waals surface area contributed by atoms with Gasteiger partial charge in [0, 0.05) is 31.2 Å². The second-order valence-electron chi connectivity index (χ2n) is 8.64. The number of benzene rings is 3. The predicted molar refractivity (Wildman–Crippen MR) is 130 cm³/mol. The molecular weight excluding hydrogens is 400 g/mol. The summed E-state index contributed by atoms with van der Waals surface area (Å²) in [7, 11) is 4.27. The minimum absolute atomic E-state index is 0.194. The van der Waals surface area contributed by atoms with E-state index in [4.69, 9.17) is 5.73 Å². The Morgan fingerprint density at radius 1 is 1.06 bits per heavy atom. The molecule has 1 heterocycles. The molecule has 32 heavy (non-hydrogen) atoms. The standard InChI is InChI=1S/C26H30N4O2/c1-29(2)22-13-14-30(17-22)16-18-3-5-20(6-4-18)26(32)28-25-15-21(9-12-24(25)27)19-7-10-23(31)11-8-19/h3-12,15,22,31H,13-14,16-17,27H2,1-2H3,(H,28,32). The van der Waals surface area contributed by atoms with Crippen molar-refractivity contribution < 1.29 is 9.90 Å². The number of nitrogens with zero attached hydrogens (tertiary/aromatic N) is 2. The zero-order chi connectivity index (χ0) is 22.7. The SMILES string of the molecule is CN(C)C1CCN(Cc2ccc(C(=O)Nc3cc(-c4ccc(O)cc4)ccc3N)cc2)C1. The van der Waals surface area contributed by atoms with Crippen LogP contribution >= 0.6 is 0 Å². The number of nitrogens with one attached hydrogen (secondary N) is 1. The lowest BCUT2D eigenvalue weighted by Gasteiger charge is -2.20. The lowest BCUT2D eigenvalue weighted by Crippen LogP contribution is -2.31. The molecule has 1 fully saturated rings. The van der Waals surface area contributed by atoms with Crippen LogP contribution in [0.4, 0.5) is 11.4 Å². The summed E-state index contributed by atoms with van der Waals surface area (Å²) in [5, 5.41) is 12.4. The van der Waals surface area contributed by atoms with E-state index in [1.807, 2.05) is 48.5 Å². The highest BCUT2D eigenvalue weighted by atomic mass is 16.3. The Morgan fingerprint density at radius 2 is 1.75 bits per heavy atom. The fraction of sp³-hybridized carbons (Fsp3) is 0.269. The van der Waals surface area contributed by atoms with Crippen molar-refractivity contribution in [1.29, 1.82) is 0 Å². The molecule has 6 heteroatoms. The van der Waals surface area contributed by atoms with Gasteiger partial charge in [-0.1, -0.05) is 30.3 Å². The van der Waals surface area contributed by atoms with E-state index in [9.17, 15) is 9.90 Å². The van der Waals surface area contributed by atoms with Gasteiger partial charge in [0.1, 0.15) is 5.75 Å². The first-order chi connectivity index (χ1) is 15.4. The summed E-state index contributed by atoms with van der Waals surface area (Å²) in [6.45, 7) is 3.07. The van der Waals surface area contributed by atoms with Gasteiger partial charge in [-0.2, -0.15) is 0 Å². The van der Waals surface area contributed by atoms with Gasteiger partial charge in [0.25, 0.3) is 5.91 Å². The number of likely N-dealkylation sites (tertiary alicyclic amines) is 1. The van der Waals surface area contributed by atoms with Crippen LogP contribution in [-0.4, -0.2) is 54.0 Å². The third kappa shape index (κ3) is 5.10. The summed E-state index contributed by atoms with van der Waals surface area (Å²) in [4.78, 5) is 17.6. The number of rotatable bonds is 6. The van der Waals surface area contributed by atoms with Crippen LogP contribution in [0.1, 0.15) is 22.3 Å². The maximum absolute atomic E-state index is 12.8. The third-order valence-corrected chi connectivity index (χ3v) is 6.10. The average Bonchev–Trinajstić information content (AvgIpc) is 3.25. The van der Waals surface area contributed by atoms with E-state index < -0.39 is 0 Å². The van der Waals surface area contributed by atoms with Gasteiger partial charge in [0.15, 0.2) is 0 Å². The number of likely N-dealkylation sites (N-methyl/N-ethyl adjacent to an activating group) is 1. The molecule has 1 atom stereocenters. The number of nitrogens with two attached hydrogens (primary N) is 1. The average molecular weight is 431 g/mol. The molecular formula is C26H30N4O2. The lowest BCUT2D eigenvalue weighted by atomic mass is 10.0. The summed E-state index contributed by atoms with van der Waals surface area (Å²) in [5.41, 5.74) is 10.8. The summed E-state index contributed by atoms with van der Waals surface area (Å²) in [5.74, 6) is 0.0170. The van der Waals surface area contributed by atoms with Crippen LogP contribution in [0.15, 0.2) is 66.7 Å². The van der Waals surface area contributed by atoms with E-state index in [-0.39, 0.29) is 11.7 Å². The van der Waals surface area contributed by atoms with Crippen molar-refractivity contribution in [2.24, 2.45) is 0 Å². The molecule has 0 radical (unpaired) electrons. The second kappa shape index (κ2) is 9.42. The van der Waals surface area contributed by atoms with Crippen LogP contribution < -0.4 is 11.1 Å². The lowest BCUT2D eigenvalue weighted by molar-refractivity contribution is 0.102. The summed E-state index contributed by atoms with van der Waals surface area (Å²) >= 11 is 0. The minimum atomic E-state index is -0.194. The Bertz CT molecular complexity index is 1080. The van der Waals surface area contributed by atoms with E-state index in [0.29, 0.717) is 23.0 Å². The smallest absolute Gasteiger partial charge is 0.255 e. The highest BCUT2D eigenvalue weighted by molar-refractivity contribution is 6.06. The van der Waals surface area contributed by atoms with Crippen molar-refractivity contribution in [1.82, 2.24) is 9.80 Å². The normalized spacial score (nSPS) is 16.4. The van der Waals surface area contributed by atoms with Crippen molar-refractivity contribution >= 4 is 17.3 Å². The second-order valence-corrected chi connectivity index (χ2v) is 8.64. The number of nitrogen functional groups attached to an aromatic ring is 1. The van der Waals surface area contributed by atoms with Gasteiger partial charge in [0.05, 0.1) is 11.4 Å². The molecule has 4 N–H and O–H groups in total. The molecule has 1 amide bonds. The van der Waals surface area contributed by atoms with Gasteiger partial charge >= 0.3 is 0 Å². The first kappa shape index (κ1) is 21.9. The minimum Gasteiger partial charge on any atom is -0.508 e. The number of hydrogen-bond donors (Lipinski definition) is 3. The van der Waals surface area contributed by atoms with Crippen LogP contribution in [0.2, 0.25) is 0 Å². The van der Waals surface area contributed by atoms with E-state index >= 15 is 0 Å². The zero-order valence-corrected chi connectivity index (χ0v) is 18.6. The highest BCUT2D eigenvalue weighted by Crippen LogP contribution is 2.29. The Hall–Kier alpha value is -3.35. The fourth-order valence-electron chi connectivity index (χ4n) is 4.09. The summed E-state index contributed by atoms with van der Waals surface area (Å²) in [6, 6.07) is 20.8. The number of aromatic hydroxyl groups is 1. The van der Waals surface area contributed by atoms with E-state index in [2.05, 4.69) is 29.2 Å². The van der Waals surface area contributed by atoms with Gasteiger partial charge in [-0.3, -0.25) is 9.69 Å². The van der Waals surface area contributed by atoms with Crippen molar-refractivity contribution in [2.45, 2.75) is 19.0 Å². The van der Waals surface area contributed by atoms with E-state index in [0.717, 1.165) is 30.8 Å². The van der Waals surface area contributed by atoms with Gasteiger partial charge in [-0.25, -0.2) is 0 Å². The van der Waals surface area contributed by atoms with Gasteiger partial charge in [0.2, 0.25) is 0 Å². The van der Waals surface area contributed by atoms with Crippen molar-refractivity contribution in [3.05, 3.63) is 77.9 Å². The van der Waals surface area contributed by atoms with Crippen LogP contribution in [0.25, 0.3) is 11.1 Å². The number of amides is 1. The quantitative estimate of drug-likeness (QED) is 0.515. The molecule has 0 aliphatic carbocycles. The van der Waals surface area contributed by atoms with E-state index in [1.165, 1.54) is 12.0 Å².